The number of nitrogens with one attached hydrogen (secondary N) is 4. The number of hydrogen-bond donors (Lipinski definition) is 5. The number of fused-ring (bicyclic) bond motifs is 3. The van der Waals surface area contributed by atoms with E-state index in [2.05, 4.69) is 21.3 Å². The number of pyridine rings is 1. The van der Waals surface area contributed by atoms with Crippen molar-refractivity contribution in [3.8, 4) is 22.9 Å². The molecule has 1 saturated carbocycles. The maximum Gasteiger partial charge on any atom is 0.329 e. The van der Waals surface area contributed by atoms with Gasteiger partial charge in [0.1, 0.15) is 34.9 Å². The molecule has 2 amide bonds. The van der Waals surface area contributed by atoms with Crippen LogP contribution in [0.5, 0.6) is 11.5 Å². The van der Waals surface area contributed by atoms with Crippen LogP contribution in [0.3, 0.4) is 0 Å². The van der Waals surface area contributed by atoms with E-state index >= 15 is 4.79 Å². The normalized spacial score (nSPS) is 25.0. The first-order valence-electron chi connectivity index (χ1n) is 21.9. The SMILES string of the molecule is COc1ccc2c(O[C@@H]3C[C@H]4C(=O)N[C@]5(C(=O)O)CC5CCCCCCC[C@H](NC(C)N[C@H](CN(C)S(C)(=O)=O)C(C)(C)C)C(=O)N4C3)cc(-c3csc(NC(C)C)n3)nc2c1. The van der Waals surface area contributed by atoms with Gasteiger partial charge in [-0.3, -0.25) is 20.2 Å². The highest BCUT2D eigenvalue weighted by Gasteiger charge is 2.62. The number of methoxy groups -OCH3 is 1. The van der Waals surface area contributed by atoms with Crippen LogP contribution < -0.4 is 30.7 Å². The average Bonchev–Trinajstić information content (AvgIpc) is 3.46. The molecule has 6 rings (SSSR count). The average molecular weight is 899 g/mol. The number of carboxylic acid groups (broad SMARTS) is 1. The van der Waals surface area contributed by atoms with Gasteiger partial charge in [-0.2, -0.15) is 0 Å². The minimum absolute atomic E-state index is 0.0820. The minimum Gasteiger partial charge on any atom is -0.497 e. The summed E-state index contributed by atoms with van der Waals surface area (Å²) < 4.78 is 38.5. The molecular weight excluding hydrogens is 833 g/mol. The standard InChI is InChI=1S/C44H66N8O8S2/c1-26(2)45-42-49-35(25-61-42)34-21-37(31-18-17-29(59-8)19-33(31)48-34)60-30-20-36-39(53)50-44(41(55)56)22-28(44)15-13-11-10-12-14-16-32(40(54)52(36)23-30)46-27(3)47-38(43(4,5)6)24-51(7)62(9,57)58/h17-19,21,25-28,30,32,36,38,46-47H,10-16,20,22-24H2,1-9H3,(H,45,49)(H,50,53)(H,55,56)/t27?,28?,30-,32+,36+,38-,44-/m1/s1. The first-order valence-corrected chi connectivity index (χ1v) is 24.6. The number of carbonyl (C=O) groups excluding carboxylic acids is 2. The molecule has 18 heteroatoms. The van der Waals surface area contributed by atoms with Gasteiger partial charge in [-0.15, -0.1) is 11.3 Å². The Morgan fingerprint density at radius 2 is 1.79 bits per heavy atom. The van der Waals surface area contributed by atoms with Crippen LogP contribution in [0.4, 0.5) is 5.13 Å². The van der Waals surface area contributed by atoms with Crippen LogP contribution in [-0.2, 0) is 24.4 Å². The summed E-state index contributed by atoms with van der Waals surface area (Å²) in [5, 5.41) is 27.2. The lowest BCUT2D eigenvalue weighted by molar-refractivity contribution is -0.146. The van der Waals surface area contributed by atoms with E-state index in [9.17, 15) is 23.1 Å². The highest BCUT2D eigenvalue weighted by Crippen LogP contribution is 2.48. The Labute approximate surface area is 370 Å². The molecule has 16 nitrogen and oxygen atoms in total. The van der Waals surface area contributed by atoms with Gasteiger partial charge < -0.3 is 30.1 Å². The number of anilines is 1. The number of nitrogens with zero attached hydrogens (tertiary/aromatic N) is 4. The van der Waals surface area contributed by atoms with Gasteiger partial charge in [0.05, 0.1) is 43.3 Å². The van der Waals surface area contributed by atoms with Gasteiger partial charge in [0.2, 0.25) is 21.8 Å². The number of aliphatic carboxylic acids is 1. The Bertz CT molecular complexity index is 2200. The predicted molar refractivity (Wildman–Crippen MR) is 242 cm³/mol. The Kier molecular flexibility index (Phi) is 14.8. The lowest BCUT2D eigenvalue weighted by atomic mass is 9.86. The fourth-order valence-corrected chi connectivity index (χ4v) is 9.88. The number of likely N-dealkylation sites (N-methyl/N-ethyl adjacent to an activating group) is 1. The number of amides is 2. The van der Waals surface area contributed by atoms with Crippen LogP contribution in [0, 0.1) is 11.3 Å². The lowest BCUT2D eigenvalue weighted by Gasteiger charge is -2.37. The van der Waals surface area contributed by atoms with E-state index in [0.717, 1.165) is 37.2 Å². The molecule has 2 saturated heterocycles. The van der Waals surface area contributed by atoms with Crippen molar-refractivity contribution >= 4 is 55.2 Å². The zero-order chi connectivity index (χ0) is 45.1. The quantitative estimate of drug-likeness (QED) is 0.128. The van der Waals surface area contributed by atoms with Gasteiger partial charge in [0.25, 0.3) is 0 Å². The van der Waals surface area contributed by atoms with Crippen molar-refractivity contribution in [3.05, 3.63) is 29.6 Å². The maximum atomic E-state index is 15.0. The van der Waals surface area contributed by atoms with E-state index in [1.165, 1.54) is 21.9 Å². The van der Waals surface area contributed by atoms with Crippen molar-refractivity contribution in [2.24, 2.45) is 11.3 Å². The predicted octanol–water partition coefficient (Wildman–Crippen LogP) is 5.44. The first kappa shape index (κ1) is 47.4. The molecule has 3 fully saturated rings. The van der Waals surface area contributed by atoms with Crippen molar-refractivity contribution in [3.63, 3.8) is 0 Å². The van der Waals surface area contributed by atoms with Crippen LogP contribution in [0.1, 0.15) is 99.3 Å². The summed E-state index contributed by atoms with van der Waals surface area (Å²) in [4.78, 5) is 53.5. The molecule has 7 atom stereocenters. The summed E-state index contributed by atoms with van der Waals surface area (Å²) in [6, 6.07) is 5.58. The van der Waals surface area contributed by atoms with Crippen molar-refractivity contribution < 1.29 is 37.4 Å². The third kappa shape index (κ3) is 11.3. The monoisotopic (exact) mass is 898 g/mol. The molecule has 2 aliphatic heterocycles. The molecule has 5 N–H and O–H groups in total. The largest absolute Gasteiger partial charge is 0.497 e. The van der Waals surface area contributed by atoms with E-state index in [1.807, 2.05) is 71.2 Å². The summed E-state index contributed by atoms with van der Waals surface area (Å²) in [6.45, 7) is 12.4. The van der Waals surface area contributed by atoms with E-state index < -0.39 is 51.8 Å². The Balaban J connectivity index is 1.32. The Morgan fingerprint density at radius 3 is 2.45 bits per heavy atom. The van der Waals surface area contributed by atoms with E-state index in [4.69, 9.17) is 19.4 Å². The van der Waals surface area contributed by atoms with Crippen LogP contribution in [0.15, 0.2) is 29.6 Å². The van der Waals surface area contributed by atoms with Crippen molar-refractivity contribution in [2.75, 3.05) is 38.8 Å². The topological polar surface area (TPSA) is 204 Å². The molecule has 0 bridgehead atoms. The second kappa shape index (κ2) is 19.3. The lowest BCUT2D eigenvalue weighted by Crippen LogP contribution is -2.60. The van der Waals surface area contributed by atoms with E-state index in [1.54, 1.807) is 19.1 Å². The number of rotatable bonds is 14. The first-order chi connectivity index (χ1) is 29.2. The smallest absolute Gasteiger partial charge is 0.329 e. The third-order valence-electron chi connectivity index (χ3n) is 12.4. The Hall–Kier alpha value is -4.10. The summed E-state index contributed by atoms with van der Waals surface area (Å²) in [5.74, 6) is -0.905. The number of ether oxygens (including phenoxy) is 2. The fraction of sp³-hybridized carbons (Fsp3) is 0.659. The minimum atomic E-state index is -3.44. The third-order valence-corrected chi connectivity index (χ3v) is 14.5. The molecule has 1 aliphatic carbocycles. The molecule has 3 aromatic rings. The fourth-order valence-electron chi connectivity index (χ4n) is 8.61. The van der Waals surface area contributed by atoms with Gasteiger partial charge in [0.15, 0.2) is 5.13 Å². The molecular formula is C44H66N8O8S2. The van der Waals surface area contributed by atoms with Crippen LogP contribution in [-0.4, -0.2) is 126 Å². The maximum absolute atomic E-state index is 15.0. The second-order valence-corrected chi connectivity index (χ2v) is 21.7. The van der Waals surface area contributed by atoms with Gasteiger partial charge in [0, 0.05) is 55.0 Å². The van der Waals surface area contributed by atoms with Gasteiger partial charge in [-0.25, -0.2) is 27.5 Å². The number of thiazole rings is 1. The zero-order valence-electron chi connectivity index (χ0n) is 37.6. The number of carbonyl (C=O) groups is 3. The summed E-state index contributed by atoms with van der Waals surface area (Å²) in [7, 11) is -0.295. The van der Waals surface area contributed by atoms with Crippen LogP contribution in [0.2, 0.25) is 0 Å². The van der Waals surface area contributed by atoms with Gasteiger partial charge in [-0.05, 0) is 63.5 Å². The number of sulfonamides is 1. The van der Waals surface area contributed by atoms with Crippen molar-refractivity contribution in [1.82, 2.24) is 35.1 Å². The molecule has 3 aliphatic rings. The van der Waals surface area contributed by atoms with Crippen molar-refractivity contribution in [2.45, 2.75) is 141 Å². The van der Waals surface area contributed by atoms with Gasteiger partial charge in [-0.1, -0.05) is 52.9 Å². The Morgan fingerprint density at radius 1 is 1.08 bits per heavy atom. The summed E-state index contributed by atoms with van der Waals surface area (Å²) in [5.41, 5.74) is 0.163. The summed E-state index contributed by atoms with van der Waals surface area (Å²) in [6.07, 6.45) is 6.25. The summed E-state index contributed by atoms with van der Waals surface area (Å²) >= 11 is 1.47. The highest BCUT2D eigenvalue weighted by atomic mass is 32.2. The van der Waals surface area contributed by atoms with E-state index in [0.29, 0.717) is 53.1 Å². The molecule has 0 spiro atoms. The van der Waals surface area contributed by atoms with E-state index in [-0.39, 0.29) is 48.8 Å². The zero-order valence-corrected chi connectivity index (χ0v) is 39.2. The van der Waals surface area contributed by atoms with Gasteiger partial charge >= 0.3 is 5.97 Å². The molecule has 0 radical (unpaired) electrons. The van der Waals surface area contributed by atoms with Crippen LogP contribution in [0.25, 0.3) is 22.3 Å². The number of aromatic nitrogens is 2. The molecule has 4 heterocycles. The van der Waals surface area contributed by atoms with Crippen LogP contribution >= 0.6 is 11.3 Å². The van der Waals surface area contributed by atoms with Crippen molar-refractivity contribution in [1.29, 1.82) is 0 Å². The molecule has 2 aromatic heterocycles. The molecule has 62 heavy (non-hydrogen) atoms. The number of hydrogen-bond acceptors (Lipinski definition) is 13. The second-order valence-electron chi connectivity index (χ2n) is 18.8. The molecule has 1 aromatic carbocycles. The molecule has 342 valence electrons. The molecule has 2 unspecified atom stereocenters. The number of benzene rings is 1. The number of carboxylic acids is 1. The highest BCUT2D eigenvalue weighted by molar-refractivity contribution is 7.88.